The highest BCUT2D eigenvalue weighted by atomic mass is 16.4. The van der Waals surface area contributed by atoms with Gasteiger partial charge < -0.3 is 5.11 Å². The molecule has 1 N–H and O–H groups in total. The number of hydrogen-bond acceptors (Lipinski definition) is 3. The summed E-state index contributed by atoms with van der Waals surface area (Å²) in [5, 5.41) is 17.2. The van der Waals surface area contributed by atoms with Crippen LogP contribution in [0.1, 0.15) is 64.7 Å². The third kappa shape index (κ3) is 7.83. The van der Waals surface area contributed by atoms with Gasteiger partial charge in [-0.1, -0.05) is 58.3 Å². The SMILES string of the molecule is CCCCCCCCCCC(C#N)C(=O)C(=O)O. The quantitative estimate of drug-likeness (QED) is 0.452. The molecule has 1 unspecified atom stereocenters. The number of carbonyl (C=O) groups is 2. The van der Waals surface area contributed by atoms with Gasteiger partial charge in [0.05, 0.1) is 6.07 Å². The number of carboxylic acid groups (broad SMARTS) is 1. The second-order valence-electron chi connectivity index (χ2n) is 4.61. The maximum atomic E-state index is 11.1. The van der Waals surface area contributed by atoms with Crippen molar-refractivity contribution in [1.29, 1.82) is 5.26 Å². The van der Waals surface area contributed by atoms with Gasteiger partial charge in [0, 0.05) is 0 Å². The van der Waals surface area contributed by atoms with Crippen LogP contribution in [0.3, 0.4) is 0 Å². The lowest BCUT2D eigenvalue weighted by Crippen LogP contribution is -2.22. The summed E-state index contributed by atoms with van der Waals surface area (Å²) in [5.74, 6) is -3.44. The van der Waals surface area contributed by atoms with Crippen molar-refractivity contribution in [2.75, 3.05) is 0 Å². The van der Waals surface area contributed by atoms with Gasteiger partial charge in [-0.2, -0.15) is 5.26 Å². The van der Waals surface area contributed by atoms with E-state index in [9.17, 15) is 9.59 Å². The van der Waals surface area contributed by atoms with Crippen LogP contribution in [0.5, 0.6) is 0 Å². The molecule has 4 heteroatoms. The van der Waals surface area contributed by atoms with E-state index in [1.165, 1.54) is 32.1 Å². The van der Waals surface area contributed by atoms with E-state index in [4.69, 9.17) is 10.4 Å². The van der Waals surface area contributed by atoms with Gasteiger partial charge in [-0.05, 0) is 6.42 Å². The number of carboxylic acids is 1. The molecule has 0 aromatic carbocycles. The van der Waals surface area contributed by atoms with Gasteiger partial charge in [0.15, 0.2) is 0 Å². The molecule has 4 nitrogen and oxygen atoms in total. The Morgan fingerprint density at radius 1 is 1.06 bits per heavy atom. The van der Waals surface area contributed by atoms with Crippen molar-refractivity contribution < 1.29 is 14.7 Å². The Balaban J connectivity index is 3.55. The van der Waals surface area contributed by atoms with E-state index >= 15 is 0 Å². The number of Topliss-reactive ketones (excluding diaryl/α,β-unsaturated/α-hetero) is 1. The van der Waals surface area contributed by atoms with Crippen molar-refractivity contribution in [3.8, 4) is 6.07 Å². The van der Waals surface area contributed by atoms with Crippen LogP contribution >= 0.6 is 0 Å². The fourth-order valence-electron chi connectivity index (χ4n) is 1.89. The number of nitriles is 1. The molecular formula is C14H23NO3. The Hall–Kier alpha value is -1.37. The van der Waals surface area contributed by atoms with Gasteiger partial charge in [-0.3, -0.25) is 4.79 Å². The van der Waals surface area contributed by atoms with Crippen molar-refractivity contribution in [3.63, 3.8) is 0 Å². The predicted octanol–water partition coefficient (Wildman–Crippen LogP) is 3.31. The molecule has 102 valence electrons. The van der Waals surface area contributed by atoms with Crippen molar-refractivity contribution in [2.45, 2.75) is 64.7 Å². The molecule has 0 heterocycles. The largest absolute Gasteiger partial charge is 0.475 e. The molecule has 0 saturated heterocycles. The Morgan fingerprint density at radius 3 is 2.00 bits per heavy atom. The lowest BCUT2D eigenvalue weighted by atomic mass is 9.97. The summed E-state index contributed by atoms with van der Waals surface area (Å²) in [6.45, 7) is 2.18. The average molecular weight is 253 g/mol. The van der Waals surface area contributed by atoms with Gasteiger partial charge in [0.25, 0.3) is 5.78 Å². The van der Waals surface area contributed by atoms with Crippen LogP contribution in [-0.2, 0) is 9.59 Å². The second kappa shape index (κ2) is 10.8. The van der Waals surface area contributed by atoms with Crippen LogP contribution in [0.25, 0.3) is 0 Å². The summed E-state index contributed by atoms with van der Waals surface area (Å²) in [6.07, 6.45) is 9.41. The van der Waals surface area contributed by atoms with E-state index < -0.39 is 17.7 Å². The molecule has 0 amide bonds. The highest BCUT2D eigenvalue weighted by Gasteiger charge is 2.23. The third-order valence-corrected chi connectivity index (χ3v) is 3.03. The van der Waals surface area contributed by atoms with Crippen LogP contribution in [-0.4, -0.2) is 16.9 Å². The van der Waals surface area contributed by atoms with Crippen molar-refractivity contribution >= 4 is 11.8 Å². The van der Waals surface area contributed by atoms with E-state index in [0.29, 0.717) is 6.42 Å². The number of unbranched alkanes of at least 4 members (excludes halogenated alkanes) is 7. The molecule has 0 aliphatic rings. The van der Waals surface area contributed by atoms with Crippen LogP contribution in [0.4, 0.5) is 0 Å². The summed E-state index contributed by atoms with van der Waals surface area (Å²) in [7, 11) is 0. The fourth-order valence-corrected chi connectivity index (χ4v) is 1.89. The third-order valence-electron chi connectivity index (χ3n) is 3.03. The first kappa shape index (κ1) is 16.6. The molecule has 0 radical (unpaired) electrons. The smallest absolute Gasteiger partial charge is 0.373 e. The molecule has 0 rings (SSSR count). The number of carbonyl (C=O) groups excluding carboxylic acids is 1. The first-order chi connectivity index (χ1) is 8.63. The highest BCUT2D eigenvalue weighted by Crippen LogP contribution is 2.13. The van der Waals surface area contributed by atoms with Gasteiger partial charge in [-0.15, -0.1) is 0 Å². The first-order valence-electron chi connectivity index (χ1n) is 6.80. The van der Waals surface area contributed by atoms with Gasteiger partial charge in [-0.25, -0.2) is 4.79 Å². The zero-order chi connectivity index (χ0) is 13.8. The Labute approximate surface area is 109 Å². The lowest BCUT2D eigenvalue weighted by Gasteiger charge is -2.05. The summed E-state index contributed by atoms with van der Waals surface area (Å²) in [4.78, 5) is 21.5. The van der Waals surface area contributed by atoms with E-state index in [2.05, 4.69) is 6.92 Å². The minimum absolute atomic E-state index is 0.372. The van der Waals surface area contributed by atoms with E-state index in [0.717, 1.165) is 19.3 Å². The summed E-state index contributed by atoms with van der Waals surface area (Å²) in [6, 6.07) is 1.77. The van der Waals surface area contributed by atoms with Crippen LogP contribution < -0.4 is 0 Å². The van der Waals surface area contributed by atoms with Crippen molar-refractivity contribution in [3.05, 3.63) is 0 Å². The molecule has 0 aromatic heterocycles. The average Bonchev–Trinajstić information content (AvgIpc) is 2.36. The molecule has 0 spiro atoms. The number of ketones is 1. The van der Waals surface area contributed by atoms with Gasteiger partial charge >= 0.3 is 5.97 Å². The minimum Gasteiger partial charge on any atom is -0.475 e. The van der Waals surface area contributed by atoms with Crippen LogP contribution in [0, 0.1) is 17.2 Å². The molecule has 18 heavy (non-hydrogen) atoms. The molecule has 0 bridgehead atoms. The molecule has 0 aliphatic carbocycles. The molecular weight excluding hydrogens is 230 g/mol. The van der Waals surface area contributed by atoms with E-state index in [1.54, 1.807) is 6.07 Å². The highest BCUT2D eigenvalue weighted by molar-refractivity contribution is 6.34. The molecule has 0 aromatic rings. The number of nitrogens with zero attached hydrogens (tertiary/aromatic N) is 1. The zero-order valence-corrected chi connectivity index (χ0v) is 11.2. The predicted molar refractivity (Wildman–Crippen MR) is 69.0 cm³/mol. The number of aliphatic carboxylic acids is 1. The van der Waals surface area contributed by atoms with Crippen LogP contribution in [0.15, 0.2) is 0 Å². The number of hydrogen-bond donors (Lipinski definition) is 1. The normalized spacial score (nSPS) is 11.8. The molecule has 1 atom stereocenters. The first-order valence-corrected chi connectivity index (χ1v) is 6.80. The Bertz CT molecular complexity index is 294. The fraction of sp³-hybridized carbons (Fsp3) is 0.786. The summed E-state index contributed by atoms with van der Waals surface area (Å²) in [5.41, 5.74) is 0. The maximum Gasteiger partial charge on any atom is 0.373 e. The lowest BCUT2D eigenvalue weighted by molar-refractivity contribution is -0.150. The van der Waals surface area contributed by atoms with Crippen molar-refractivity contribution in [1.82, 2.24) is 0 Å². The standard InChI is InChI=1S/C14H23NO3/c1-2-3-4-5-6-7-8-9-10-12(11-15)13(16)14(17)18/h12H,2-10H2,1H3,(H,17,18). The van der Waals surface area contributed by atoms with E-state index in [-0.39, 0.29) is 0 Å². The van der Waals surface area contributed by atoms with E-state index in [1.807, 2.05) is 0 Å². The molecule has 0 saturated carbocycles. The monoisotopic (exact) mass is 253 g/mol. The minimum atomic E-state index is -1.50. The molecule has 0 fully saturated rings. The van der Waals surface area contributed by atoms with Gasteiger partial charge in [0.2, 0.25) is 0 Å². The van der Waals surface area contributed by atoms with Gasteiger partial charge in [0.1, 0.15) is 5.92 Å². The maximum absolute atomic E-state index is 11.1. The summed E-state index contributed by atoms with van der Waals surface area (Å²) >= 11 is 0. The topological polar surface area (TPSA) is 78.2 Å². The zero-order valence-electron chi connectivity index (χ0n) is 11.2. The van der Waals surface area contributed by atoms with Crippen LogP contribution in [0.2, 0.25) is 0 Å². The van der Waals surface area contributed by atoms with Crippen molar-refractivity contribution in [2.24, 2.45) is 5.92 Å². The summed E-state index contributed by atoms with van der Waals surface area (Å²) < 4.78 is 0. The number of rotatable bonds is 11. The second-order valence-corrected chi connectivity index (χ2v) is 4.61. The molecule has 0 aliphatic heterocycles. The Morgan fingerprint density at radius 2 is 1.56 bits per heavy atom. The Kier molecular flexibility index (Phi) is 9.94.